The molecule has 1 aliphatic carbocycles. The van der Waals surface area contributed by atoms with Crippen LogP contribution in [-0.2, 0) is 4.79 Å². The molecule has 58 valence electrons. The maximum Gasteiger partial charge on any atom is 0.156 e. The molecule has 0 aliphatic heterocycles. The van der Waals surface area contributed by atoms with Crippen molar-refractivity contribution in [3.63, 3.8) is 0 Å². The van der Waals surface area contributed by atoms with Crippen LogP contribution >= 0.6 is 11.6 Å². The average molecular weight is 161 g/mol. The van der Waals surface area contributed by atoms with Gasteiger partial charge in [0, 0.05) is 5.41 Å². The number of carbonyl (C=O) groups is 1. The third-order valence-corrected chi connectivity index (χ3v) is 3.11. The van der Waals surface area contributed by atoms with Crippen LogP contribution in [0.5, 0.6) is 0 Å². The number of hydrogen-bond acceptors (Lipinski definition) is 1. The zero-order chi connectivity index (χ0) is 7.94. The van der Waals surface area contributed by atoms with E-state index >= 15 is 0 Å². The van der Waals surface area contributed by atoms with Gasteiger partial charge in [0.15, 0.2) is 5.78 Å². The molecule has 2 heteroatoms. The molecular formula is C8H13ClO. The number of rotatable bonds is 1. The van der Waals surface area contributed by atoms with E-state index in [1.807, 2.05) is 13.8 Å². The molecule has 2 unspecified atom stereocenters. The van der Waals surface area contributed by atoms with Crippen molar-refractivity contribution in [2.75, 3.05) is 0 Å². The molecule has 0 N–H and O–H groups in total. The molecule has 0 aromatic carbocycles. The normalized spacial score (nSPS) is 37.4. The first-order valence-electron chi connectivity index (χ1n) is 3.70. The minimum atomic E-state index is -0.208. The molecule has 0 bridgehead atoms. The van der Waals surface area contributed by atoms with Crippen LogP contribution in [0.3, 0.4) is 0 Å². The largest absolute Gasteiger partial charge is 0.297 e. The summed E-state index contributed by atoms with van der Waals surface area (Å²) in [7, 11) is 0. The molecule has 0 saturated heterocycles. The van der Waals surface area contributed by atoms with Crippen LogP contribution in [0.2, 0.25) is 0 Å². The quantitative estimate of drug-likeness (QED) is 0.538. The van der Waals surface area contributed by atoms with Crippen LogP contribution in [-0.4, -0.2) is 11.2 Å². The van der Waals surface area contributed by atoms with Crippen molar-refractivity contribution in [2.45, 2.75) is 32.6 Å². The molecule has 1 rings (SSSR count). The second kappa shape index (κ2) is 2.23. The third kappa shape index (κ3) is 0.800. The van der Waals surface area contributed by atoms with Crippen LogP contribution < -0.4 is 0 Å². The Morgan fingerprint density at radius 3 is 2.30 bits per heavy atom. The van der Waals surface area contributed by atoms with Gasteiger partial charge in [0.2, 0.25) is 0 Å². The third-order valence-electron chi connectivity index (χ3n) is 2.61. The summed E-state index contributed by atoms with van der Waals surface area (Å²) in [6.07, 6.45) is 1.01. The maximum atomic E-state index is 11.1. The van der Waals surface area contributed by atoms with Gasteiger partial charge in [-0.3, -0.25) is 4.79 Å². The van der Waals surface area contributed by atoms with Crippen molar-refractivity contribution in [1.82, 2.24) is 0 Å². The second-order valence-electron chi connectivity index (χ2n) is 3.50. The topological polar surface area (TPSA) is 17.1 Å². The molecule has 0 amide bonds. The summed E-state index contributed by atoms with van der Waals surface area (Å²) in [5, 5.41) is -0.208. The van der Waals surface area contributed by atoms with E-state index in [0.717, 1.165) is 6.42 Å². The van der Waals surface area contributed by atoms with Crippen molar-refractivity contribution in [1.29, 1.82) is 0 Å². The van der Waals surface area contributed by atoms with Crippen molar-refractivity contribution >= 4 is 17.4 Å². The summed E-state index contributed by atoms with van der Waals surface area (Å²) in [5.41, 5.74) is -0.152. The highest BCUT2D eigenvalue weighted by Crippen LogP contribution is 2.47. The highest BCUT2D eigenvalue weighted by Gasteiger charge is 2.53. The summed E-state index contributed by atoms with van der Waals surface area (Å²) < 4.78 is 0. The fourth-order valence-electron chi connectivity index (χ4n) is 1.71. The van der Waals surface area contributed by atoms with E-state index in [-0.39, 0.29) is 16.6 Å². The maximum absolute atomic E-state index is 11.1. The lowest BCUT2D eigenvalue weighted by molar-refractivity contribution is -0.141. The van der Waals surface area contributed by atoms with E-state index in [0.29, 0.717) is 5.92 Å². The van der Waals surface area contributed by atoms with Gasteiger partial charge >= 0.3 is 0 Å². The van der Waals surface area contributed by atoms with Crippen molar-refractivity contribution in [3.05, 3.63) is 0 Å². The molecule has 0 heterocycles. The number of halogens is 1. The van der Waals surface area contributed by atoms with E-state index in [4.69, 9.17) is 11.6 Å². The predicted octanol–water partition coefficient (Wildman–Crippen LogP) is 2.23. The molecule has 1 fully saturated rings. The molecule has 1 saturated carbocycles. The first-order chi connectivity index (χ1) is 4.51. The summed E-state index contributed by atoms with van der Waals surface area (Å²) in [4.78, 5) is 11.1. The minimum absolute atomic E-state index is 0.152. The summed E-state index contributed by atoms with van der Waals surface area (Å²) in [6, 6.07) is 0. The summed E-state index contributed by atoms with van der Waals surface area (Å²) >= 11 is 5.80. The van der Waals surface area contributed by atoms with Crippen molar-refractivity contribution in [2.24, 2.45) is 11.3 Å². The predicted molar refractivity (Wildman–Crippen MR) is 42.2 cm³/mol. The minimum Gasteiger partial charge on any atom is -0.297 e. The van der Waals surface area contributed by atoms with Gasteiger partial charge in [-0.15, -0.1) is 11.6 Å². The standard InChI is InChI=1S/C8H13ClO/c1-4-5-6(9)7(10)8(5,2)3/h5-6H,4H2,1-3H3. The lowest BCUT2D eigenvalue weighted by Gasteiger charge is -2.46. The Bertz CT molecular complexity index is 163. The van der Waals surface area contributed by atoms with Gasteiger partial charge in [-0.05, 0) is 5.92 Å². The second-order valence-corrected chi connectivity index (χ2v) is 3.97. The molecule has 0 aromatic heterocycles. The van der Waals surface area contributed by atoms with E-state index in [1.165, 1.54) is 0 Å². The van der Waals surface area contributed by atoms with Gasteiger partial charge in [0.05, 0.1) is 5.38 Å². The monoisotopic (exact) mass is 160 g/mol. The number of carbonyl (C=O) groups excluding carboxylic acids is 1. The fraction of sp³-hybridized carbons (Fsp3) is 0.875. The Balaban J connectivity index is 2.71. The Morgan fingerprint density at radius 2 is 2.10 bits per heavy atom. The van der Waals surface area contributed by atoms with Gasteiger partial charge in [-0.2, -0.15) is 0 Å². The van der Waals surface area contributed by atoms with Crippen molar-refractivity contribution in [3.8, 4) is 0 Å². The molecule has 1 aliphatic rings. The Hall–Kier alpha value is -0.0400. The van der Waals surface area contributed by atoms with Crippen LogP contribution in [0.1, 0.15) is 27.2 Å². The van der Waals surface area contributed by atoms with Gasteiger partial charge < -0.3 is 0 Å². The smallest absolute Gasteiger partial charge is 0.156 e. The Morgan fingerprint density at radius 1 is 1.60 bits per heavy atom. The van der Waals surface area contributed by atoms with Crippen LogP contribution in [0.15, 0.2) is 0 Å². The van der Waals surface area contributed by atoms with Crippen LogP contribution in [0.25, 0.3) is 0 Å². The number of alkyl halides is 1. The van der Waals surface area contributed by atoms with E-state index < -0.39 is 0 Å². The lowest BCUT2D eigenvalue weighted by atomic mass is 9.60. The zero-order valence-electron chi connectivity index (χ0n) is 6.65. The van der Waals surface area contributed by atoms with Gasteiger partial charge in [-0.25, -0.2) is 0 Å². The first-order valence-corrected chi connectivity index (χ1v) is 4.13. The van der Waals surface area contributed by atoms with Gasteiger partial charge in [0.1, 0.15) is 0 Å². The molecule has 0 spiro atoms. The van der Waals surface area contributed by atoms with Gasteiger partial charge in [0.25, 0.3) is 0 Å². The number of Topliss-reactive ketones (excluding diaryl/α,β-unsaturated/α-hetero) is 1. The molecule has 0 aromatic rings. The summed E-state index contributed by atoms with van der Waals surface area (Å²) in [6.45, 7) is 6.03. The first kappa shape index (κ1) is 8.06. The van der Waals surface area contributed by atoms with E-state index in [1.54, 1.807) is 0 Å². The van der Waals surface area contributed by atoms with Crippen LogP contribution in [0.4, 0.5) is 0 Å². The Kier molecular flexibility index (Phi) is 1.80. The fourth-order valence-corrected chi connectivity index (χ4v) is 2.48. The number of hydrogen-bond donors (Lipinski definition) is 0. The highest BCUT2D eigenvalue weighted by atomic mass is 35.5. The lowest BCUT2D eigenvalue weighted by Crippen LogP contribution is -2.55. The van der Waals surface area contributed by atoms with E-state index in [9.17, 15) is 4.79 Å². The average Bonchev–Trinajstić information content (AvgIpc) is 1.88. The Labute approximate surface area is 66.8 Å². The summed E-state index contributed by atoms with van der Waals surface area (Å²) in [5.74, 6) is 0.600. The molecular weight excluding hydrogens is 148 g/mol. The number of ketones is 1. The van der Waals surface area contributed by atoms with E-state index in [2.05, 4.69) is 6.92 Å². The molecule has 1 nitrogen and oxygen atoms in total. The molecule has 10 heavy (non-hydrogen) atoms. The van der Waals surface area contributed by atoms with Crippen LogP contribution in [0, 0.1) is 11.3 Å². The SMILES string of the molecule is CCC1C(Cl)C(=O)C1(C)C. The molecule has 2 atom stereocenters. The zero-order valence-corrected chi connectivity index (χ0v) is 7.40. The highest BCUT2D eigenvalue weighted by molar-refractivity contribution is 6.34. The molecule has 0 radical (unpaired) electrons. The van der Waals surface area contributed by atoms with Gasteiger partial charge in [-0.1, -0.05) is 27.2 Å². The van der Waals surface area contributed by atoms with Crippen molar-refractivity contribution < 1.29 is 4.79 Å².